The molecular formula is C21H13Cl3N2O. The molecule has 2 aromatic carbocycles. The first-order valence-electron chi connectivity index (χ1n) is 8.25. The van der Waals surface area contributed by atoms with Crippen LogP contribution in [0.4, 0.5) is 11.4 Å². The fourth-order valence-electron chi connectivity index (χ4n) is 3.00. The van der Waals surface area contributed by atoms with Gasteiger partial charge >= 0.3 is 0 Å². The van der Waals surface area contributed by atoms with Gasteiger partial charge in [0.05, 0.1) is 27.1 Å². The third kappa shape index (κ3) is 3.46. The number of hydrogen-bond acceptors (Lipinski definition) is 2. The second-order valence-corrected chi connectivity index (χ2v) is 7.33. The van der Waals surface area contributed by atoms with Gasteiger partial charge in [0.1, 0.15) is 5.71 Å². The standard InChI is InChI=1S/C21H13Cl3N2O/c22-13-5-1-2-6-15(11-13)26-19-8-4-3-7-16(19)20(21(26)27)25-14-9-10-17(23)18(24)12-14/h1-4,6-12H,5H2. The molecule has 0 saturated heterocycles. The number of para-hydroxylation sites is 1. The predicted octanol–water partition coefficient (Wildman–Crippen LogP) is 6.43. The summed E-state index contributed by atoms with van der Waals surface area (Å²) in [5.74, 6) is -0.218. The lowest BCUT2D eigenvalue weighted by molar-refractivity contribution is -0.111. The lowest BCUT2D eigenvalue weighted by Crippen LogP contribution is -2.28. The van der Waals surface area contributed by atoms with Crippen molar-refractivity contribution in [3.05, 3.63) is 93.1 Å². The van der Waals surface area contributed by atoms with Crippen LogP contribution in [0.5, 0.6) is 0 Å². The van der Waals surface area contributed by atoms with Crippen molar-refractivity contribution in [2.75, 3.05) is 4.90 Å². The van der Waals surface area contributed by atoms with E-state index >= 15 is 0 Å². The quantitative estimate of drug-likeness (QED) is 0.556. The number of halogens is 3. The molecule has 134 valence electrons. The molecule has 0 fully saturated rings. The van der Waals surface area contributed by atoms with Gasteiger partial charge in [-0.05, 0) is 36.4 Å². The molecule has 1 heterocycles. The van der Waals surface area contributed by atoms with Crippen LogP contribution in [-0.4, -0.2) is 11.6 Å². The normalized spacial score (nSPS) is 17.7. The van der Waals surface area contributed by atoms with Crippen LogP contribution in [-0.2, 0) is 4.79 Å². The summed E-state index contributed by atoms with van der Waals surface area (Å²) >= 11 is 18.3. The second-order valence-electron chi connectivity index (χ2n) is 6.03. The molecule has 27 heavy (non-hydrogen) atoms. The summed E-state index contributed by atoms with van der Waals surface area (Å²) in [5.41, 5.74) is 3.14. The molecule has 0 N–H and O–H groups in total. The molecule has 1 aliphatic heterocycles. The minimum atomic E-state index is -0.218. The number of fused-ring (bicyclic) bond motifs is 1. The van der Waals surface area contributed by atoms with Crippen molar-refractivity contribution in [1.82, 2.24) is 0 Å². The lowest BCUT2D eigenvalue weighted by Gasteiger charge is -2.17. The van der Waals surface area contributed by atoms with E-state index in [1.54, 1.807) is 29.2 Å². The SMILES string of the molecule is O=C1C(=Nc2ccc(Cl)c(Cl)c2)c2ccccc2N1C1=CC=CCC(Cl)=C1. The number of allylic oxidation sites excluding steroid dienone is 5. The second kappa shape index (κ2) is 7.35. The molecule has 0 unspecified atom stereocenters. The first-order valence-corrected chi connectivity index (χ1v) is 9.38. The number of nitrogens with zero attached hydrogens (tertiary/aromatic N) is 2. The molecule has 0 atom stereocenters. The number of hydrogen-bond donors (Lipinski definition) is 0. The zero-order valence-corrected chi connectivity index (χ0v) is 16.3. The Morgan fingerprint density at radius 3 is 2.63 bits per heavy atom. The van der Waals surface area contributed by atoms with Crippen LogP contribution in [0.25, 0.3) is 0 Å². The maximum Gasteiger partial charge on any atom is 0.282 e. The fourth-order valence-corrected chi connectivity index (χ4v) is 3.49. The largest absolute Gasteiger partial charge is 0.282 e. The van der Waals surface area contributed by atoms with Crippen LogP contribution in [0.2, 0.25) is 10.0 Å². The lowest BCUT2D eigenvalue weighted by atomic mass is 10.1. The van der Waals surface area contributed by atoms with Gasteiger partial charge in [-0.1, -0.05) is 65.2 Å². The third-order valence-corrected chi connectivity index (χ3v) is 5.23. The van der Waals surface area contributed by atoms with E-state index in [1.165, 1.54) is 0 Å². The molecule has 2 aliphatic rings. The minimum Gasteiger partial charge on any atom is -0.275 e. The average molecular weight is 416 g/mol. The highest BCUT2D eigenvalue weighted by molar-refractivity contribution is 6.55. The molecule has 2 aromatic rings. The third-order valence-electron chi connectivity index (χ3n) is 4.23. The van der Waals surface area contributed by atoms with Crippen molar-refractivity contribution in [2.45, 2.75) is 6.42 Å². The summed E-state index contributed by atoms with van der Waals surface area (Å²) in [6, 6.07) is 12.6. The number of rotatable bonds is 2. The Morgan fingerprint density at radius 1 is 1.00 bits per heavy atom. The molecule has 1 aliphatic carbocycles. The molecule has 0 bridgehead atoms. The van der Waals surface area contributed by atoms with Gasteiger partial charge in [0.2, 0.25) is 0 Å². The number of carbonyl (C=O) groups is 1. The molecule has 1 amide bonds. The van der Waals surface area contributed by atoms with Crippen molar-refractivity contribution < 1.29 is 4.79 Å². The summed E-state index contributed by atoms with van der Waals surface area (Å²) in [7, 11) is 0. The minimum absolute atomic E-state index is 0.218. The number of anilines is 1. The van der Waals surface area contributed by atoms with Crippen molar-refractivity contribution >= 4 is 57.8 Å². The first kappa shape index (κ1) is 18.1. The van der Waals surface area contributed by atoms with Crippen LogP contribution in [0.1, 0.15) is 12.0 Å². The van der Waals surface area contributed by atoms with Crippen molar-refractivity contribution in [2.24, 2.45) is 4.99 Å². The number of carbonyl (C=O) groups excluding carboxylic acids is 1. The van der Waals surface area contributed by atoms with Gasteiger partial charge in [0, 0.05) is 17.0 Å². The summed E-state index contributed by atoms with van der Waals surface area (Å²) in [5, 5.41) is 1.49. The maximum atomic E-state index is 13.2. The highest BCUT2D eigenvalue weighted by atomic mass is 35.5. The number of amides is 1. The molecular weight excluding hydrogens is 403 g/mol. The topological polar surface area (TPSA) is 32.7 Å². The van der Waals surface area contributed by atoms with Crippen molar-refractivity contribution in [3.8, 4) is 0 Å². The number of aliphatic imine (C=N–C) groups is 1. The molecule has 3 nitrogen and oxygen atoms in total. The van der Waals surface area contributed by atoms with E-state index in [9.17, 15) is 4.79 Å². The smallest absolute Gasteiger partial charge is 0.275 e. The Kier molecular flexibility index (Phi) is 4.92. The van der Waals surface area contributed by atoms with Gasteiger partial charge in [-0.25, -0.2) is 4.99 Å². The highest BCUT2D eigenvalue weighted by Crippen LogP contribution is 2.36. The van der Waals surface area contributed by atoms with Gasteiger partial charge in [-0.2, -0.15) is 0 Å². The van der Waals surface area contributed by atoms with Crippen LogP contribution in [0.3, 0.4) is 0 Å². The molecule has 0 aromatic heterocycles. The average Bonchev–Trinajstić information content (AvgIpc) is 2.78. The Labute approximate surface area is 171 Å². The maximum absolute atomic E-state index is 13.2. The van der Waals surface area contributed by atoms with Crippen molar-refractivity contribution in [3.63, 3.8) is 0 Å². The summed E-state index contributed by atoms with van der Waals surface area (Å²) in [4.78, 5) is 19.4. The Bertz CT molecular complexity index is 1070. The van der Waals surface area contributed by atoms with Gasteiger partial charge in [0.25, 0.3) is 5.91 Å². The van der Waals surface area contributed by atoms with Gasteiger partial charge < -0.3 is 0 Å². The van der Waals surface area contributed by atoms with E-state index < -0.39 is 0 Å². The molecule has 4 rings (SSSR count). The van der Waals surface area contributed by atoms with E-state index in [0.29, 0.717) is 38.6 Å². The first-order chi connectivity index (χ1) is 13.0. The molecule has 0 saturated carbocycles. The van der Waals surface area contributed by atoms with Crippen LogP contribution < -0.4 is 4.90 Å². The zero-order chi connectivity index (χ0) is 19.0. The monoisotopic (exact) mass is 414 g/mol. The Morgan fingerprint density at radius 2 is 1.81 bits per heavy atom. The Hall–Kier alpha value is -2.33. The van der Waals surface area contributed by atoms with Gasteiger partial charge in [0.15, 0.2) is 0 Å². The van der Waals surface area contributed by atoms with E-state index in [2.05, 4.69) is 4.99 Å². The van der Waals surface area contributed by atoms with Crippen LogP contribution in [0, 0.1) is 0 Å². The zero-order valence-electron chi connectivity index (χ0n) is 14.0. The summed E-state index contributed by atoms with van der Waals surface area (Å²) < 4.78 is 0. The van der Waals surface area contributed by atoms with Crippen LogP contribution >= 0.6 is 34.8 Å². The van der Waals surface area contributed by atoms with Gasteiger partial charge in [-0.15, -0.1) is 0 Å². The Balaban J connectivity index is 1.84. The summed E-state index contributed by atoms with van der Waals surface area (Å²) in [6.45, 7) is 0. The molecule has 0 radical (unpaired) electrons. The van der Waals surface area contributed by atoms with Gasteiger partial charge in [-0.3, -0.25) is 9.69 Å². The van der Waals surface area contributed by atoms with E-state index in [0.717, 1.165) is 11.3 Å². The highest BCUT2D eigenvalue weighted by Gasteiger charge is 2.35. The fraction of sp³-hybridized carbons (Fsp3) is 0.0476. The van der Waals surface area contributed by atoms with E-state index in [4.69, 9.17) is 34.8 Å². The van der Waals surface area contributed by atoms with Crippen molar-refractivity contribution in [1.29, 1.82) is 0 Å². The number of benzene rings is 2. The predicted molar refractivity (Wildman–Crippen MR) is 112 cm³/mol. The molecule has 0 spiro atoms. The van der Waals surface area contributed by atoms with Crippen LogP contribution in [0.15, 0.2) is 82.5 Å². The molecule has 6 heteroatoms. The summed E-state index contributed by atoms with van der Waals surface area (Å²) in [6.07, 6.45) is 8.15. The van der Waals surface area contributed by atoms with E-state index in [-0.39, 0.29) is 5.91 Å². The van der Waals surface area contributed by atoms with E-state index in [1.807, 2.05) is 42.5 Å².